The molecule has 4 nitrogen and oxygen atoms in total. The van der Waals surface area contributed by atoms with Crippen LogP contribution in [0, 0.1) is 5.41 Å². The minimum absolute atomic E-state index is 0.405. The summed E-state index contributed by atoms with van der Waals surface area (Å²) in [7, 11) is 0. The van der Waals surface area contributed by atoms with Gasteiger partial charge in [0.2, 0.25) is 0 Å². The first-order chi connectivity index (χ1) is 8.95. The van der Waals surface area contributed by atoms with Crippen molar-refractivity contribution in [2.75, 3.05) is 5.32 Å². The number of hydrogen-bond donors (Lipinski definition) is 3. The molecule has 100 valence electrons. The summed E-state index contributed by atoms with van der Waals surface area (Å²) in [5, 5.41) is 10.7. The van der Waals surface area contributed by atoms with Crippen molar-refractivity contribution >= 4 is 17.5 Å². The van der Waals surface area contributed by atoms with Gasteiger partial charge in [0.25, 0.3) is 0 Å². The summed E-state index contributed by atoms with van der Waals surface area (Å²) in [5.41, 5.74) is 8.65. The highest BCUT2D eigenvalue weighted by molar-refractivity contribution is 6.10. The van der Waals surface area contributed by atoms with Crippen molar-refractivity contribution < 1.29 is 4.74 Å². The molecular formula is C15H19N3O. The van der Waals surface area contributed by atoms with Crippen molar-refractivity contribution in [3.05, 3.63) is 41.7 Å². The van der Waals surface area contributed by atoms with Gasteiger partial charge in [-0.15, -0.1) is 0 Å². The lowest BCUT2D eigenvalue weighted by atomic mass is 9.95. The second-order valence-corrected chi connectivity index (χ2v) is 5.14. The first kappa shape index (κ1) is 13.2. The molecule has 1 aromatic carbocycles. The molecular weight excluding hydrogens is 238 g/mol. The van der Waals surface area contributed by atoms with Crippen LogP contribution in [0.25, 0.3) is 5.57 Å². The van der Waals surface area contributed by atoms with E-state index in [9.17, 15) is 0 Å². The molecule has 0 radical (unpaired) electrons. The first-order valence-corrected chi connectivity index (χ1v) is 6.17. The number of allylic oxidation sites excluding steroid dienone is 2. The Hall–Kier alpha value is -2.23. The first-order valence-electron chi connectivity index (χ1n) is 6.17. The Kier molecular flexibility index (Phi) is 3.34. The molecule has 1 heterocycles. The lowest BCUT2D eigenvalue weighted by Crippen LogP contribution is -2.29. The molecule has 19 heavy (non-hydrogen) atoms. The van der Waals surface area contributed by atoms with Crippen molar-refractivity contribution in [3.8, 4) is 5.75 Å². The molecule has 0 saturated heterocycles. The van der Waals surface area contributed by atoms with Crippen LogP contribution < -0.4 is 15.8 Å². The smallest absolute Gasteiger partial charge is 0.130 e. The zero-order valence-electron chi connectivity index (χ0n) is 11.4. The Bertz CT molecular complexity index is 571. The third-order valence-electron chi connectivity index (χ3n) is 2.92. The van der Waals surface area contributed by atoms with Crippen LogP contribution in [0.3, 0.4) is 0 Å². The van der Waals surface area contributed by atoms with Gasteiger partial charge in [-0.25, -0.2) is 0 Å². The summed E-state index contributed by atoms with van der Waals surface area (Å²) in [5.74, 6) is 0.779. The highest BCUT2D eigenvalue weighted by atomic mass is 16.5. The molecule has 0 saturated carbocycles. The van der Waals surface area contributed by atoms with Gasteiger partial charge in [0.1, 0.15) is 11.4 Å². The van der Waals surface area contributed by atoms with Gasteiger partial charge in [-0.2, -0.15) is 0 Å². The molecule has 0 unspecified atom stereocenters. The zero-order chi connectivity index (χ0) is 14.0. The summed E-state index contributed by atoms with van der Waals surface area (Å²) in [6.07, 6.45) is 4.84. The minimum atomic E-state index is -0.405. The quantitative estimate of drug-likeness (QED) is 0.728. The number of benzene rings is 1. The number of hydrogen-bond acceptors (Lipinski definition) is 4. The van der Waals surface area contributed by atoms with Crippen molar-refractivity contribution in [3.63, 3.8) is 0 Å². The van der Waals surface area contributed by atoms with Crippen LogP contribution in [0.4, 0.5) is 5.69 Å². The predicted octanol–water partition coefficient (Wildman–Crippen LogP) is 3.12. The van der Waals surface area contributed by atoms with Crippen molar-refractivity contribution in [2.24, 2.45) is 5.73 Å². The lowest BCUT2D eigenvalue weighted by molar-refractivity contribution is 0.158. The molecule has 4 heteroatoms. The molecule has 4 N–H and O–H groups in total. The Morgan fingerprint density at radius 3 is 2.79 bits per heavy atom. The number of nitrogens with two attached hydrogens (primary N) is 1. The van der Waals surface area contributed by atoms with Gasteiger partial charge < -0.3 is 21.2 Å². The molecule has 0 spiro atoms. The van der Waals surface area contributed by atoms with Crippen molar-refractivity contribution in [1.82, 2.24) is 0 Å². The molecule has 0 aliphatic carbocycles. The normalized spacial score (nSPS) is 17.0. The van der Waals surface area contributed by atoms with Crippen LogP contribution in [0.5, 0.6) is 5.75 Å². The van der Waals surface area contributed by atoms with Gasteiger partial charge in [-0.05, 0) is 39.0 Å². The van der Waals surface area contributed by atoms with E-state index in [0.717, 1.165) is 28.3 Å². The largest absolute Gasteiger partial charge is 0.483 e. The van der Waals surface area contributed by atoms with Crippen molar-refractivity contribution in [1.29, 1.82) is 5.41 Å². The number of ether oxygens (including phenoxy) is 1. The molecule has 0 aromatic heterocycles. The van der Waals surface area contributed by atoms with Crippen LogP contribution in [-0.4, -0.2) is 11.8 Å². The molecule has 1 aliphatic rings. The van der Waals surface area contributed by atoms with Crippen LogP contribution in [0.15, 0.2) is 36.2 Å². The van der Waals surface area contributed by atoms with Crippen molar-refractivity contribution in [2.45, 2.75) is 26.4 Å². The molecule has 0 atom stereocenters. The lowest BCUT2D eigenvalue weighted by Gasteiger charge is -2.30. The third kappa shape index (κ3) is 2.78. The van der Waals surface area contributed by atoms with E-state index in [-0.39, 0.29) is 0 Å². The standard InChI is InChI=1S/C15H19N3O/c1-10(8-16)18-12-4-5-13-11(9-17)7-15(2,3)19-14(13)6-12/h4-9,17-18H,16H2,1-3H3/b10-8-,17-9?. The van der Waals surface area contributed by atoms with E-state index >= 15 is 0 Å². The van der Waals surface area contributed by atoms with Crippen LogP contribution in [-0.2, 0) is 0 Å². The summed E-state index contributed by atoms with van der Waals surface area (Å²) in [4.78, 5) is 0. The van der Waals surface area contributed by atoms with Gasteiger partial charge in [0.05, 0.1) is 0 Å². The number of rotatable bonds is 3. The predicted molar refractivity (Wildman–Crippen MR) is 79.5 cm³/mol. The van der Waals surface area contributed by atoms with E-state index in [4.69, 9.17) is 15.9 Å². The fourth-order valence-corrected chi connectivity index (χ4v) is 2.08. The van der Waals surface area contributed by atoms with E-state index < -0.39 is 5.60 Å². The topological polar surface area (TPSA) is 71.1 Å². The van der Waals surface area contributed by atoms with E-state index in [1.807, 2.05) is 45.0 Å². The molecule has 1 aromatic rings. The van der Waals surface area contributed by atoms with Crippen LogP contribution in [0.1, 0.15) is 26.3 Å². The summed E-state index contributed by atoms with van der Waals surface area (Å²) >= 11 is 0. The van der Waals surface area contributed by atoms with E-state index in [2.05, 4.69) is 5.32 Å². The summed E-state index contributed by atoms with van der Waals surface area (Å²) in [6, 6.07) is 5.83. The fourth-order valence-electron chi connectivity index (χ4n) is 2.08. The van der Waals surface area contributed by atoms with E-state index in [0.29, 0.717) is 0 Å². The van der Waals surface area contributed by atoms with Gasteiger partial charge in [-0.1, -0.05) is 0 Å². The van der Waals surface area contributed by atoms with Crippen LogP contribution >= 0.6 is 0 Å². The minimum Gasteiger partial charge on any atom is -0.483 e. The Balaban J connectivity index is 2.41. The maximum absolute atomic E-state index is 7.51. The van der Waals surface area contributed by atoms with Crippen LogP contribution in [0.2, 0.25) is 0 Å². The molecule has 0 amide bonds. The third-order valence-corrected chi connectivity index (χ3v) is 2.92. The van der Waals surface area contributed by atoms with Gasteiger partial charge in [0.15, 0.2) is 0 Å². The SMILES string of the molecule is C/C(=C/N)Nc1ccc2c(c1)OC(C)(C)C=C2C=N. The number of fused-ring (bicyclic) bond motifs is 1. The highest BCUT2D eigenvalue weighted by Gasteiger charge is 2.25. The van der Waals surface area contributed by atoms with Gasteiger partial charge in [0, 0.05) is 41.0 Å². The zero-order valence-corrected chi connectivity index (χ0v) is 11.4. The number of anilines is 1. The van der Waals surface area contributed by atoms with E-state index in [1.54, 1.807) is 0 Å². The fraction of sp³-hybridized carbons (Fsp3) is 0.267. The number of nitrogens with one attached hydrogen (secondary N) is 2. The van der Waals surface area contributed by atoms with Gasteiger partial charge in [-0.3, -0.25) is 0 Å². The van der Waals surface area contributed by atoms with E-state index in [1.165, 1.54) is 12.4 Å². The monoisotopic (exact) mass is 257 g/mol. The Morgan fingerprint density at radius 1 is 1.42 bits per heavy atom. The average molecular weight is 257 g/mol. The average Bonchev–Trinajstić information content (AvgIpc) is 2.36. The maximum Gasteiger partial charge on any atom is 0.130 e. The molecule has 2 rings (SSSR count). The summed E-state index contributed by atoms with van der Waals surface area (Å²) in [6.45, 7) is 5.85. The Morgan fingerprint density at radius 2 is 2.16 bits per heavy atom. The highest BCUT2D eigenvalue weighted by Crippen LogP contribution is 2.37. The maximum atomic E-state index is 7.51. The second-order valence-electron chi connectivity index (χ2n) is 5.14. The summed E-state index contributed by atoms with van der Waals surface area (Å²) < 4.78 is 5.94. The van der Waals surface area contributed by atoms with Gasteiger partial charge >= 0.3 is 0 Å². The molecule has 0 bridgehead atoms. The molecule has 1 aliphatic heterocycles. The second kappa shape index (κ2) is 4.80. The Labute approximate surface area is 113 Å². The molecule has 0 fully saturated rings.